The first-order valence-corrected chi connectivity index (χ1v) is 6.83. The Morgan fingerprint density at radius 3 is 2.86 bits per heavy atom. The summed E-state index contributed by atoms with van der Waals surface area (Å²) in [6.07, 6.45) is 0. The average molecular weight is 298 g/mol. The van der Waals surface area contributed by atoms with Crippen molar-refractivity contribution >= 4 is 11.7 Å². The zero-order valence-corrected chi connectivity index (χ0v) is 12.1. The Balaban J connectivity index is 2.11. The number of rotatable bonds is 5. The molecule has 0 spiro atoms. The van der Waals surface area contributed by atoms with E-state index in [1.165, 1.54) is 18.2 Å². The van der Waals surface area contributed by atoms with E-state index in [2.05, 4.69) is 5.32 Å². The van der Waals surface area contributed by atoms with Gasteiger partial charge in [0.15, 0.2) is 0 Å². The molecule has 1 N–H and O–H groups in total. The maximum Gasteiger partial charge on any atom is 0.338 e. The molecule has 0 atom stereocenters. The lowest BCUT2D eigenvalue weighted by molar-refractivity contribution is 0.0526. The fourth-order valence-corrected chi connectivity index (χ4v) is 1.98. The Labute approximate surface area is 128 Å². The van der Waals surface area contributed by atoms with E-state index in [4.69, 9.17) is 10.00 Å². The third-order valence-corrected chi connectivity index (χ3v) is 3.02. The zero-order valence-electron chi connectivity index (χ0n) is 12.1. The number of nitrogens with one attached hydrogen (secondary N) is 1. The molecule has 2 rings (SSSR count). The summed E-state index contributed by atoms with van der Waals surface area (Å²) in [6, 6.07) is 12.9. The quantitative estimate of drug-likeness (QED) is 0.858. The number of benzene rings is 2. The van der Waals surface area contributed by atoms with Crippen LogP contribution in [0.25, 0.3) is 0 Å². The second kappa shape index (κ2) is 7.23. The van der Waals surface area contributed by atoms with Crippen molar-refractivity contribution in [3.63, 3.8) is 0 Å². The summed E-state index contributed by atoms with van der Waals surface area (Å²) in [4.78, 5) is 11.7. The summed E-state index contributed by atoms with van der Waals surface area (Å²) < 4.78 is 18.0. The maximum atomic E-state index is 13.1. The van der Waals surface area contributed by atoms with Crippen LogP contribution in [0, 0.1) is 17.1 Å². The number of carbonyl (C=O) groups is 1. The minimum Gasteiger partial charge on any atom is -0.462 e. The molecule has 0 unspecified atom stereocenters. The van der Waals surface area contributed by atoms with Crippen molar-refractivity contribution in [2.75, 3.05) is 11.9 Å². The molecule has 112 valence electrons. The largest absolute Gasteiger partial charge is 0.462 e. The molecule has 2 aromatic carbocycles. The molecule has 2 aromatic rings. The number of anilines is 1. The molecule has 4 nitrogen and oxygen atoms in total. The number of hydrogen-bond donors (Lipinski definition) is 1. The summed E-state index contributed by atoms with van der Waals surface area (Å²) in [6.45, 7) is 2.48. The van der Waals surface area contributed by atoms with Gasteiger partial charge in [-0.1, -0.05) is 12.1 Å². The van der Waals surface area contributed by atoms with Gasteiger partial charge in [0.2, 0.25) is 0 Å². The lowest BCUT2D eigenvalue weighted by atomic mass is 10.1. The summed E-state index contributed by atoms with van der Waals surface area (Å²) in [5.74, 6) is -0.824. The highest BCUT2D eigenvalue weighted by atomic mass is 19.1. The normalized spacial score (nSPS) is 9.86. The summed E-state index contributed by atoms with van der Waals surface area (Å²) in [5.41, 5.74) is 2.12. The maximum absolute atomic E-state index is 13.1. The van der Waals surface area contributed by atoms with E-state index in [0.29, 0.717) is 24.4 Å². The van der Waals surface area contributed by atoms with Gasteiger partial charge < -0.3 is 10.1 Å². The van der Waals surface area contributed by atoms with Crippen LogP contribution in [0.2, 0.25) is 0 Å². The second-order valence-corrected chi connectivity index (χ2v) is 4.58. The van der Waals surface area contributed by atoms with Gasteiger partial charge in [-0.25, -0.2) is 9.18 Å². The number of nitrogens with zero attached hydrogens (tertiary/aromatic N) is 1. The highest BCUT2D eigenvalue weighted by molar-refractivity contribution is 5.89. The molecule has 0 radical (unpaired) electrons. The first-order valence-electron chi connectivity index (χ1n) is 6.83. The summed E-state index contributed by atoms with van der Waals surface area (Å²) in [7, 11) is 0. The molecule has 0 aromatic heterocycles. The monoisotopic (exact) mass is 298 g/mol. The van der Waals surface area contributed by atoms with Crippen LogP contribution in [-0.4, -0.2) is 12.6 Å². The SMILES string of the molecule is CCOC(=O)c1cccc(CNc2ccc(F)cc2C#N)c1. The van der Waals surface area contributed by atoms with Crippen molar-refractivity contribution in [1.29, 1.82) is 5.26 Å². The van der Waals surface area contributed by atoms with Crippen LogP contribution in [0.5, 0.6) is 0 Å². The molecule has 0 aliphatic rings. The standard InChI is InChI=1S/C17H15FN2O2/c1-2-22-17(21)13-5-3-4-12(8-13)11-20-16-7-6-15(18)9-14(16)10-19/h3-9,20H,2,11H2,1H3. The molecule has 22 heavy (non-hydrogen) atoms. The van der Waals surface area contributed by atoms with Crippen LogP contribution < -0.4 is 5.32 Å². The van der Waals surface area contributed by atoms with Crippen molar-refractivity contribution in [3.8, 4) is 6.07 Å². The molecule has 0 aliphatic carbocycles. The molecule has 0 heterocycles. The van der Waals surface area contributed by atoms with E-state index in [1.54, 1.807) is 25.1 Å². The molecule has 0 bridgehead atoms. The van der Waals surface area contributed by atoms with Gasteiger partial charge >= 0.3 is 5.97 Å². The van der Waals surface area contributed by atoms with Crippen LogP contribution >= 0.6 is 0 Å². The number of nitriles is 1. The minimum atomic E-state index is -0.452. The Morgan fingerprint density at radius 1 is 1.32 bits per heavy atom. The van der Waals surface area contributed by atoms with Gasteiger partial charge in [-0.3, -0.25) is 0 Å². The van der Waals surface area contributed by atoms with Crippen molar-refractivity contribution in [2.24, 2.45) is 0 Å². The Kier molecular flexibility index (Phi) is 5.10. The number of halogens is 1. The Bertz CT molecular complexity index is 723. The fraction of sp³-hybridized carbons (Fsp3) is 0.176. The third-order valence-electron chi connectivity index (χ3n) is 3.02. The van der Waals surface area contributed by atoms with Gasteiger partial charge in [0.1, 0.15) is 11.9 Å². The van der Waals surface area contributed by atoms with E-state index in [9.17, 15) is 9.18 Å². The highest BCUT2D eigenvalue weighted by Gasteiger charge is 2.07. The van der Waals surface area contributed by atoms with Crippen LogP contribution in [-0.2, 0) is 11.3 Å². The van der Waals surface area contributed by atoms with Gasteiger partial charge in [0, 0.05) is 6.54 Å². The van der Waals surface area contributed by atoms with Gasteiger partial charge in [-0.15, -0.1) is 0 Å². The van der Waals surface area contributed by atoms with Gasteiger partial charge in [-0.05, 0) is 42.8 Å². The lowest BCUT2D eigenvalue weighted by Gasteiger charge is -2.09. The van der Waals surface area contributed by atoms with Crippen molar-refractivity contribution in [3.05, 3.63) is 65.0 Å². The molecule has 0 aliphatic heterocycles. The lowest BCUT2D eigenvalue weighted by Crippen LogP contribution is -2.06. The van der Waals surface area contributed by atoms with Crippen molar-refractivity contribution in [2.45, 2.75) is 13.5 Å². The first-order chi connectivity index (χ1) is 10.6. The fourth-order valence-electron chi connectivity index (χ4n) is 1.98. The topological polar surface area (TPSA) is 62.1 Å². The Morgan fingerprint density at radius 2 is 2.14 bits per heavy atom. The van der Waals surface area contributed by atoms with Gasteiger partial charge in [0.05, 0.1) is 23.4 Å². The molecule has 0 fully saturated rings. The molecular formula is C17H15FN2O2. The predicted octanol–water partition coefficient (Wildman–Crippen LogP) is 3.49. The molecule has 0 saturated heterocycles. The van der Waals surface area contributed by atoms with Crippen LogP contribution in [0.4, 0.5) is 10.1 Å². The first kappa shape index (κ1) is 15.5. The van der Waals surface area contributed by atoms with Gasteiger partial charge in [-0.2, -0.15) is 5.26 Å². The van der Waals surface area contributed by atoms with Crippen LogP contribution in [0.3, 0.4) is 0 Å². The second-order valence-electron chi connectivity index (χ2n) is 4.58. The summed E-state index contributed by atoms with van der Waals surface area (Å²) >= 11 is 0. The van der Waals surface area contributed by atoms with Crippen molar-refractivity contribution in [1.82, 2.24) is 0 Å². The molecular weight excluding hydrogens is 283 g/mol. The number of hydrogen-bond acceptors (Lipinski definition) is 4. The van der Waals surface area contributed by atoms with E-state index >= 15 is 0 Å². The number of ether oxygens (including phenoxy) is 1. The van der Waals surface area contributed by atoms with E-state index in [1.807, 2.05) is 12.1 Å². The Hall–Kier alpha value is -2.87. The third kappa shape index (κ3) is 3.83. The van der Waals surface area contributed by atoms with E-state index < -0.39 is 5.82 Å². The molecule has 5 heteroatoms. The minimum absolute atomic E-state index is 0.238. The molecule has 0 saturated carbocycles. The average Bonchev–Trinajstić information content (AvgIpc) is 2.54. The number of esters is 1. The smallest absolute Gasteiger partial charge is 0.338 e. The predicted molar refractivity (Wildman–Crippen MR) is 80.8 cm³/mol. The van der Waals surface area contributed by atoms with E-state index in [0.717, 1.165) is 5.56 Å². The van der Waals surface area contributed by atoms with Crippen molar-refractivity contribution < 1.29 is 13.9 Å². The highest BCUT2D eigenvalue weighted by Crippen LogP contribution is 2.17. The van der Waals surface area contributed by atoms with E-state index in [-0.39, 0.29) is 11.5 Å². The van der Waals surface area contributed by atoms with Crippen LogP contribution in [0.1, 0.15) is 28.4 Å². The summed E-state index contributed by atoms with van der Waals surface area (Å²) in [5, 5.41) is 12.1. The zero-order chi connectivity index (χ0) is 15.9. The van der Waals surface area contributed by atoms with Gasteiger partial charge in [0.25, 0.3) is 0 Å². The number of carbonyl (C=O) groups excluding carboxylic acids is 1. The van der Waals surface area contributed by atoms with Crippen LogP contribution in [0.15, 0.2) is 42.5 Å². The molecule has 0 amide bonds.